The third-order valence-corrected chi connectivity index (χ3v) is 4.67. The van der Waals surface area contributed by atoms with Gasteiger partial charge in [-0.1, -0.05) is 60.7 Å². The van der Waals surface area contributed by atoms with Crippen molar-refractivity contribution >= 4 is 5.91 Å². The summed E-state index contributed by atoms with van der Waals surface area (Å²) in [6.45, 7) is 5.41. The van der Waals surface area contributed by atoms with Gasteiger partial charge in [0.2, 0.25) is 5.91 Å². The van der Waals surface area contributed by atoms with Gasteiger partial charge in [-0.05, 0) is 17.5 Å². The molecule has 1 aliphatic heterocycles. The Bertz CT molecular complexity index is 631. The number of carbonyl (C=O) groups excluding carboxylic acids is 1. The van der Waals surface area contributed by atoms with E-state index in [1.807, 2.05) is 12.1 Å². The van der Waals surface area contributed by atoms with Crippen molar-refractivity contribution in [2.45, 2.75) is 25.6 Å². The Kier molecular flexibility index (Phi) is 7.84. The van der Waals surface area contributed by atoms with Gasteiger partial charge in [0.1, 0.15) is 6.10 Å². The first-order chi connectivity index (χ1) is 13.3. The molecule has 2 aromatic carbocycles. The summed E-state index contributed by atoms with van der Waals surface area (Å²) in [5, 5.41) is 6.19. The molecule has 0 bridgehead atoms. The van der Waals surface area contributed by atoms with Crippen LogP contribution in [0.2, 0.25) is 0 Å². The minimum atomic E-state index is -0.358. The molecule has 1 fully saturated rings. The molecule has 1 amide bonds. The van der Waals surface area contributed by atoms with Crippen LogP contribution in [-0.2, 0) is 22.6 Å². The Hall–Kier alpha value is -2.21. The second-order valence-electron chi connectivity index (χ2n) is 6.89. The van der Waals surface area contributed by atoms with Crippen LogP contribution in [0.3, 0.4) is 0 Å². The first-order valence-electron chi connectivity index (χ1n) is 9.71. The summed E-state index contributed by atoms with van der Waals surface area (Å²) < 4.78 is 5.49. The lowest BCUT2D eigenvalue weighted by atomic mass is 10.1. The molecule has 0 aromatic heterocycles. The second-order valence-corrected chi connectivity index (χ2v) is 6.89. The van der Waals surface area contributed by atoms with Crippen molar-refractivity contribution in [3.63, 3.8) is 0 Å². The lowest BCUT2D eigenvalue weighted by molar-refractivity contribution is -0.134. The Labute approximate surface area is 161 Å². The molecule has 1 saturated heterocycles. The van der Waals surface area contributed by atoms with E-state index in [4.69, 9.17) is 4.74 Å². The van der Waals surface area contributed by atoms with Crippen LogP contribution >= 0.6 is 0 Å². The fraction of sp³-hybridized carbons (Fsp3) is 0.409. The van der Waals surface area contributed by atoms with E-state index < -0.39 is 0 Å². The van der Waals surface area contributed by atoms with Crippen molar-refractivity contribution < 1.29 is 9.53 Å². The normalized spacial score (nSPS) is 17.0. The molecular formula is C22H29N3O2. The van der Waals surface area contributed by atoms with Crippen LogP contribution in [-0.4, -0.2) is 49.7 Å². The number of carbonyl (C=O) groups is 1. The van der Waals surface area contributed by atoms with Crippen molar-refractivity contribution in [2.75, 3.05) is 32.8 Å². The largest absolute Gasteiger partial charge is 0.366 e. The topological polar surface area (TPSA) is 53.6 Å². The summed E-state index contributed by atoms with van der Waals surface area (Å²) in [4.78, 5) is 14.6. The molecule has 0 saturated carbocycles. The summed E-state index contributed by atoms with van der Waals surface area (Å²) in [7, 11) is 0. The highest BCUT2D eigenvalue weighted by molar-refractivity contribution is 5.81. The van der Waals surface area contributed by atoms with Crippen molar-refractivity contribution in [1.82, 2.24) is 15.5 Å². The van der Waals surface area contributed by atoms with E-state index in [1.165, 1.54) is 11.1 Å². The first-order valence-corrected chi connectivity index (χ1v) is 9.71. The van der Waals surface area contributed by atoms with E-state index in [0.717, 1.165) is 32.6 Å². The lowest BCUT2D eigenvalue weighted by Gasteiger charge is -2.24. The first kappa shape index (κ1) is 19.5. The number of benzene rings is 2. The highest BCUT2D eigenvalue weighted by Crippen LogP contribution is 2.10. The molecule has 1 unspecified atom stereocenters. The average molecular weight is 367 g/mol. The monoisotopic (exact) mass is 367 g/mol. The van der Waals surface area contributed by atoms with E-state index >= 15 is 0 Å². The third kappa shape index (κ3) is 6.79. The lowest BCUT2D eigenvalue weighted by Crippen LogP contribution is -2.48. The number of hydrogen-bond donors (Lipinski definition) is 2. The number of rotatable bonds is 9. The summed E-state index contributed by atoms with van der Waals surface area (Å²) in [6, 6.07) is 21.0. The zero-order valence-electron chi connectivity index (χ0n) is 15.8. The maximum Gasteiger partial charge on any atom is 0.250 e. The highest BCUT2D eigenvalue weighted by atomic mass is 16.5. The number of nitrogens with zero attached hydrogens (tertiary/aromatic N) is 1. The predicted octanol–water partition coefficient (Wildman–Crippen LogP) is 2.18. The SMILES string of the molecule is O=C(NCCCN(Cc1ccccc1)Cc1ccccc1)C1CNCCO1. The maximum absolute atomic E-state index is 12.1. The molecule has 1 atom stereocenters. The highest BCUT2D eigenvalue weighted by Gasteiger charge is 2.21. The molecule has 0 spiro atoms. The fourth-order valence-corrected chi connectivity index (χ4v) is 3.26. The Morgan fingerprint density at radius 2 is 1.67 bits per heavy atom. The minimum absolute atomic E-state index is 0.0140. The Morgan fingerprint density at radius 3 is 2.22 bits per heavy atom. The number of amides is 1. The van der Waals surface area contributed by atoms with Gasteiger partial charge in [0.25, 0.3) is 0 Å². The van der Waals surface area contributed by atoms with Gasteiger partial charge in [-0.3, -0.25) is 9.69 Å². The van der Waals surface area contributed by atoms with E-state index in [2.05, 4.69) is 64.1 Å². The quantitative estimate of drug-likeness (QED) is 0.667. The molecule has 2 aromatic rings. The minimum Gasteiger partial charge on any atom is -0.366 e. The van der Waals surface area contributed by atoms with Crippen LogP contribution in [0.4, 0.5) is 0 Å². The molecule has 144 valence electrons. The molecule has 27 heavy (non-hydrogen) atoms. The van der Waals surface area contributed by atoms with Crippen LogP contribution in [0, 0.1) is 0 Å². The number of nitrogens with one attached hydrogen (secondary N) is 2. The van der Waals surface area contributed by atoms with Crippen LogP contribution in [0.15, 0.2) is 60.7 Å². The third-order valence-electron chi connectivity index (χ3n) is 4.67. The van der Waals surface area contributed by atoms with Gasteiger partial charge in [-0.25, -0.2) is 0 Å². The Balaban J connectivity index is 1.47. The van der Waals surface area contributed by atoms with Crippen LogP contribution in [0.5, 0.6) is 0 Å². The van der Waals surface area contributed by atoms with Crippen LogP contribution in [0.1, 0.15) is 17.5 Å². The molecule has 5 nitrogen and oxygen atoms in total. The van der Waals surface area contributed by atoms with Crippen molar-refractivity contribution in [3.05, 3.63) is 71.8 Å². The summed E-state index contributed by atoms with van der Waals surface area (Å²) in [5.74, 6) is -0.0140. The standard InChI is InChI=1S/C22H29N3O2/c26-22(21-16-23-13-15-27-21)24-12-7-14-25(17-19-8-3-1-4-9-19)18-20-10-5-2-6-11-20/h1-6,8-11,21,23H,7,12-18H2,(H,24,26). The van der Waals surface area contributed by atoms with Crippen LogP contribution < -0.4 is 10.6 Å². The molecule has 1 heterocycles. The molecule has 3 rings (SSSR count). The summed E-state index contributed by atoms with van der Waals surface area (Å²) >= 11 is 0. The van der Waals surface area contributed by atoms with Crippen LogP contribution in [0.25, 0.3) is 0 Å². The van der Waals surface area contributed by atoms with E-state index in [-0.39, 0.29) is 12.0 Å². The smallest absolute Gasteiger partial charge is 0.250 e. The molecule has 0 aliphatic carbocycles. The van der Waals surface area contributed by atoms with Gasteiger partial charge in [-0.15, -0.1) is 0 Å². The number of hydrogen-bond acceptors (Lipinski definition) is 4. The van der Waals surface area contributed by atoms with Crippen molar-refractivity contribution in [2.24, 2.45) is 0 Å². The Morgan fingerprint density at radius 1 is 1.04 bits per heavy atom. The van der Waals surface area contributed by atoms with Gasteiger partial charge in [0.15, 0.2) is 0 Å². The zero-order valence-corrected chi connectivity index (χ0v) is 15.8. The summed E-state index contributed by atoms with van der Waals surface area (Å²) in [5.41, 5.74) is 2.61. The van der Waals surface area contributed by atoms with E-state index in [0.29, 0.717) is 19.7 Å². The van der Waals surface area contributed by atoms with Gasteiger partial charge >= 0.3 is 0 Å². The van der Waals surface area contributed by atoms with Gasteiger partial charge in [0.05, 0.1) is 6.61 Å². The van der Waals surface area contributed by atoms with E-state index in [1.54, 1.807) is 0 Å². The number of ether oxygens (including phenoxy) is 1. The second kappa shape index (κ2) is 10.8. The fourth-order valence-electron chi connectivity index (χ4n) is 3.26. The van der Waals surface area contributed by atoms with Crippen molar-refractivity contribution in [3.8, 4) is 0 Å². The van der Waals surface area contributed by atoms with Gasteiger partial charge in [0, 0.05) is 39.3 Å². The number of morpholine rings is 1. The molecule has 2 N–H and O–H groups in total. The van der Waals surface area contributed by atoms with Gasteiger partial charge < -0.3 is 15.4 Å². The van der Waals surface area contributed by atoms with Crippen molar-refractivity contribution in [1.29, 1.82) is 0 Å². The molecular weight excluding hydrogens is 338 g/mol. The van der Waals surface area contributed by atoms with Gasteiger partial charge in [-0.2, -0.15) is 0 Å². The molecule has 1 aliphatic rings. The molecule has 0 radical (unpaired) electrons. The predicted molar refractivity (Wildman–Crippen MR) is 107 cm³/mol. The zero-order chi connectivity index (χ0) is 18.7. The molecule has 5 heteroatoms. The average Bonchev–Trinajstić information content (AvgIpc) is 2.73. The summed E-state index contributed by atoms with van der Waals surface area (Å²) in [6.07, 6.45) is 0.550. The maximum atomic E-state index is 12.1. The van der Waals surface area contributed by atoms with E-state index in [9.17, 15) is 4.79 Å².